The number of carbonyl (C=O) groups excluding carboxylic acids is 2. The summed E-state index contributed by atoms with van der Waals surface area (Å²) in [7, 11) is 0. The van der Waals surface area contributed by atoms with Crippen LogP contribution in [0.4, 0.5) is 0 Å². The van der Waals surface area contributed by atoms with Crippen molar-refractivity contribution in [1.29, 1.82) is 0 Å². The summed E-state index contributed by atoms with van der Waals surface area (Å²) >= 11 is 5.91. The van der Waals surface area contributed by atoms with E-state index in [1.807, 2.05) is 42.2 Å². The minimum absolute atomic E-state index is 0.00790. The van der Waals surface area contributed by atoms with E-state index >= 15 is 0 Å². The van der Waals surface area contributed by atoms with E-state index in [2.05, 4.69) is 4.98 Å². The number of amides is 2. The topological polar surface area (TPSA) is 53.5 Å². The van der Waals surface area contributed by atoms with Crippen molar-refractivity contribution in [2.75, 3.05) is 13.1 Å². The summed E-state index contributed by atoms with van der Waals surface area (Å²) in [5.74, 6) is -0.0223. The Kier molecular flexibility index (Phi) is 5.89. The Bertz CT molecular complexity index is 782. The van der Waals surface area contributed by atoms with Crippen molar-refractivity contribution < 1.29 is 9.59 Å². The smallest absolute Gasteiger partial charge is 0.254 e. The normalized spacial score (nSPS) is 17.9. The summed E-state index contributed by atoms with van der Waals surface area (Å²) in [6.07, 6.45) is 2.64. The SMILES string of the molecule is CCC1CN(C(=O)c2ccnc(Cl)c2)CCC(=O)N1Cc1ccccc1. The van der Waals surface area contributed by atoms with Crippen LogP contribution in [0.25, 0.3) is 0 Å². The monoisotopic (exact) mass is 371 g/mol. The van der Waals surface area contributed by atoms with Gasteiger partial charge in [-0.15, -0.1) is 0 Å². The highest BCUT2D eigenvalue weighted by Gasteiger charge is 2.31. The third kappa shape index (κ3) is 4.22. The minimum Gasteiger partial charge on any atom is -0.336 e. The van der Waals surface area contributed by atoms with Crippen LogP contribution < -0.4 is 0 Å². The summed E-state index contributed by atoms with van der Waals surface area (Å²) in [5.41, 5.74) is 1.60. The summed E-state index contributed by atoms with van der Waals surface area (Å²) in [6.45, 7) is 3.56. The van der Waals surface area contributed by atoms with Gasteiger partial charge in [-0.25, -0.2) is 4.98 Å². The Morgan fingerprint density at radius 2 is 2.04 bits per heavy atom. The van der Waals surface area contributed by atoms with Crippen molar-refractivity contribution in [3.8, 4) is 0 Å². The molecule has 26 heavy (non-hydrogen) atoms. The van der Waals surface area contributed by atoms with Gasteiger partial charge < -0.3 is 9.80 Å². The highest BCUT2D eigenvalue weighted by molar-refractivity contribution is 6.29. The fraction of sp³-hybridized carbons (Fsp3) is 0.350. The van der Waals surface area contributed by atoms with Crippen LogP contribution in [-0.2, 0) is 11.3 Å². The van der Waals surface area contributed by atoms with E-state index in [9.17, 15) is 9.59 Å². The van der Waals surface area contributed by atoms with Gasteiger partial charge in [0, 0.05) is 43.9 Å². The van der Waals surface area contributed by atoms with Crippen LogP contribution >= 0.6 is 11.6 Å². The number of benzene rings is 1. The largest absolute Gasteiger partial charge is 0.336 e. The van der Waals surface area contributed by atoms with Gasteiger partial charge in [0.25, 0.3) is 5.91 Å². The lowest BCUT2D eigenvalue weighted by Crippen LogP contribution is -2.43. The molecule has 2 amide bonds. The second-order valence-corrected chi connectivity index (χ2v) is 6.82. The van der Waals surface area contributed by atoms with Gasteiger partial charge in [-0.05, 0) is 24.1 Å². The minimum atomic E-state index is -0.109. The van der Waals surface area contributed by atoms with E-state index in [1.54, 1.807) is 17.0 Å². The van der Waals surface area contributed by atoms with Crippen molar-refractivity contribution in [2.45, 2.75) is 32.4 Å². The van der Waals surface area contributed by atoms with E-state index in [0.717, 1.165) is 12.0 Å². The van der Waals surface area contributed by atoms with Crippen LogP contribution in [0.1, 0.15) is 35.7 Å². The van der Waals surface area contributed by atoms with Crippen LogP contribution in [0.2, 0.25) is 5.15 Å². The molecule has 1 atom stereocenters. The first kappa shape index (κ1) is 18.4. The zero-order chi connectivity index (χ0) is 18.5. The number of rotatable bonds is 4. The average Bonchev–Trinajstić information content (AvgIpc) is 2.81. The van der Waals surface area contributed by atoms with Crippen LogP contribution in [-0.4, -0.2) is 45.7 Å². The molecule has 0 saturated carbocycles. The molecule has 1 fully saturated rings. The van der Waals surface area contributed by atoms with Gasteiger partial charge in [0.1, 0.15) is 5.15 Å². The zero-order valence-corrected chi connectivity index (χ0v) is 15.5. The number of pyridine rings is 1. The van der Waals surface area contributed by atoms with Gasteiger partial charge in [0.2, 0.25) is 5.91 Å². The quantitative estimate of drug-likeness (QED) is 0.774. The third-order valence-electron chi connectivity index (χ3n) is 4.72. The van der Waals surface area contributed by atoms with Gasteiger partial charge >= 0.3 is 0 Å². The van der Waals surface area contributed by atoms with Crippen LogP contribution in [0.3, 0.4) is 0 Å². The first-order valence-corrected chi connectivity index (χ1v) is 9.20. The molecule has 1 unspecified atom stereocenters. The van der Waals surface area contributed by atoms with E-state index in [-0.39, 0.29) is 17.9 Å². The molecule has 1 saturated heterocycles. The fourth-order valence-electron chi connectivity index (χ4n) is 3.27. The molecule has 5 nitrogen and oxygen atoms in total. The van der Waals surface area contributed by atoms with Crippen molar-refractivity contribution >= 4 is 23.4 Å². The molecule has 1 aromatic heterocycles. The summed E-state index contributed by atoms with van der Waals surface area (Å²) < 4.78 is 0. The number of aromatic nitrogens is 1. The lowest BCUT2D eigenvalue weighted by molar-refractivity contribution is -0.133. The number of hydrogen-bond donors (Lipinski definition) is 0. The second-order valence-electron chi connectivity index (χ2n) is 6.44. The molecule has 3 rings (SSSR count). The molecule has 0 aliphatic carbocycles. The van der Waals surface area contributed by atoms with E-state index in [1.165, 1.54) is 6.20 Å². The number of halogens is 1. The molecule has 136 valence electrons. The Morgan fingerprint density at radius 3 is 2.73 bits per heavy atom. The molecular weight excluding hydrogens is 350 g/mol. The maximum atomic E-state index is 12.8. The predicted octanol–water partition coefficient (Wildman–Crippen LogP) is 3.39. The van der Waals surface area contributed by atoms with Crippen molar-refractivity contribution in [2.24, 2.45) is 0 Å². The average molecular weight is 372 g/mol. The molecule has 6 heteroatoms. The first-order chi connectivity index (χ1) is 12.6. The fourth-order valence-corrected chi connectivity index (χ4v) is 3.45. The lowest BCUT2D eigenvalue weighted by atomic mass is 10.1. The van der Waals surface area contributed by atoms with E-state index in [4.69, 9.17) is 11.6 Å². The predicted molar refractivity (Wildman–Crippen MR) is 101 cm³/mol. The maximum absolute atomic E-state index is 12.8. The molecule has 2 heterocycles. The van der Waals surface area contributed by atoms with Crippen molar-refractivity contribution in [1.82, 2.24) is 14.8 Å². The lowest BCUT2D eigenvalue weighted by Gasteiger charge is -2.31. The zero-order valence-electron chi connectivity index (χ0n) is 14.8. The summed E-state index contributed by atoms with van der Waals surface area (Å²) in [4.78, 5) is 33.1. The highest BCUT2D eigenvalue weighted by Crippen LogP contribution is 2.20. The summed E-state index contributed by atoms with van der Waals surface area (Å²) in [5, 5.41) is 0.291. The molecule has 1 aromatic carbocycles. The molecular formula is C20H22ClN3O2. The molecule has 0 N–H and O–H groups in total. The van der Waals surface area contributed by atoms with E-state index in [0.29, 0.717) is 36.8 Å². The van der Waals surface area contributed by atoms with Gasteiger partial charge in [-0.1, -0.05) is 48.9 Å². The molecule has 0 bridgehead atoms. The molecule has 0 spiro atoms. The number of nitrogens with zero attached hydrogens (tertiary/aromatic N) is 3. The summed E-state index contributed by atoms with van der Waals surface area (Å²) in [6, 6.07) is 13.2. The number of carbonyl (C=O) groups is 2. The van der Waals surface area contributed by atoms with Gasteiger partial charge in [-0.3, -0.25) is 9.59 Å². The van der Waals surface area contributed by atoms with Crippen molar-refractivity contribution in [3.63, 3.8) is 0 Å². The van der Waals surface area contributed by atoms with Crippen LogP contribution in [0.5, 0.6) is 0 Å². The maximum Gasteiger partial charge on any atom is 0.254 e. The standard InChI is InChI=1S/C20H22ClN3O2/c1-2-17-14-23(20(26)16-8-10-22-18(21)12-16)11-9-19(25)24(17)13-15-6-4-3-5-7-15/h3-8,10,12,17H,2,9,11,13-14H2,1H3. The van der Waals surface area contributed by atoms with Gasteiger partial charge in [0.15, 0.2) is 0 Å². The Labute approximate surface area is 158 Å². The highest BCUT2D eigenvalue weighted by atomic mass is 35.5. The second kappa shape index (κ2) is 8.32. The number of hydrogen-bond acceptors (Lipinski definition) is 3. The Balaban J connectivity index is 1.78. The first-order valence-electron chi connectivity index (χ1n) is 8.82. The van der Waals surface area contributed by atoms with Crippen molar-refractivity contribution in [3.05, 3.63) is 64.9 Å². The van der Waals surface area contributed by atoms with E-state index < -0.39 is 0 Å². The third-order valence-corrected chi connectivity index (χ3v) is 4.92. The Morgan fingerprint density at radius 1 is 1.27 bits per heavy atom. The van der Waals surface area contributed by atoms with Crippen LogP contribution in [0.15, 0.2) is 48.7 Å². The molecule has 2 aromatic rings. The molecule has 1 aliphatic heterocycles. The molecule has 1 aliphatic rings. The Hall–Kier alpha value is -2.40. The molecule has 0 radical (unpaired) electrons. The van der Waals surface area contributed by atoms with Crippen LogP contribution in [0, 0.1) is 0 Å². The van der Waals surface area contributed by atoms with Gasteiger partial charge in [0.05, 0.1) is 0 Å². The van der Waals surface area contributed by atoms with Gasteiger partial charge in [-0.2, -0.15) is 0 Å².